The third kappa shape index (κ3) is 4.08. The topological polar surface area (TPSA) is 41.1 Å². The number of alkyl halides is 3. The Kier molecular flexibility index (Phi) is 4.72. The summed E-state index contributed by atoms with van der Waals surface area (Å²) in [7, 11) is 3.66. The van der Waals surface area contributed by atoms with Crippen molar-refractivity contribution in [2.45, 2.75) is 19.6 Å². The lowest BCUT2D eigenvalue weighted by atomic mass is 10.1. The Morgan fingerprint density at radius 3 is 2.48 bits per heavy atom. The van der Waals surface area contributed by atoms with Gasteiger partial charge < -0.3 is 10.2 Å². The smallest absolute Gasteiger partial charge is 0.362 e. The molecule has 1 heterocycles. The van der Waals surface area contributed by atoms with E-state index in [1.165, 1.54) is 0 Å². The summed E-state index contributed by atoms with van der Waals surface area (Å²) < 4.78 is 51.3. The van der Waals surface area contributed by atoms with Gasteiger partial charge in [0.05, 0.1) is 5.56 Å². The molecule has 0 fully saturated rings. The van der Waals surface area contributed by atoms with Gasteiger partial charge in [-0.05, 0) is 19.1 Å². The zero-order valence-electron chi connectivity index (χ0n) is 12.9. The number of hydrogen-bond acceptors (Lipinski definition) is 4. The molecule has 0 bridgehead atoms. The maximum atomic E-state index is 13.8. The first-order valence-electron chi connectivity index (χ1n) is 6.79. The third-order valence-corrected chi connectivity index (χ3v) is 3.19. The first-order valence-corrected chi connectivity index (χ1v) is 6.79. The first-order chi connectivity index (χ1) is 10.7. The molecule has 0 aliphatic carbocycles. The van der Waals surface area contributed by atoms with Gasteiger partial charge >= 0.3 is 6.18 Å². The second kappa shape index (κ2) is 6.39. The van der Waals surface area contributed by atoms with Crippen molar-refractivity contribution in [2.75, 3.05) is 24.3 Å². The second-order valence-electron chi connectivity index (χ2n) is 5.25. The van der Waals surface area contributed by atoms with E-state index in [2.05, 4.69) is 15.3 Å². The Balaban J connectivity index is 2.14. The highest BCUT2D eigenvalue weighted by molar-refractivity contribution is 5.47. The van der Waals surface area contributed by atoms with E-state index in [9.17, 15) is 17.6 Å². The average Bonchev–Trinajstić information content (AvgIpc) is 2.46. The van der Waals surface area contributed by atoms with Crippen molar-refractivity contribution in [1.82, 2.24) is 9.97 Å². The molecule has 0 unspecified atom stereocenters. The van der Waals surface area contributed by atoms with Gasteiger partial charge in [-0.2, -0.15) is 18.2 Å². The number of halogens is 4. The predicted octanol–water partition coefficient (Wildman–Crippen LogP) is 3.62. The van der Waals surface area contributed by atoms with E-state index in [-0.39, 0.29) is 18.1 Å². The summed E-state index contributed by atoms with van der Waals surface area (Å²) in [5, 5.41) is 2.81. The molecule has 23 heavy (non-hydrogen) atoms. The maximum absolute atomic E-state index is 13.8. The zero-order chi connectivity index (χ0) is 17.2. The standard InChI is InChI=1S/C15H16F4N4/c1-9-7-20-14(22-13(9)23(2)3)21-8-10-4-5-11(6-12(10)16)15(17,18)19/h4-7H,8H2,1-3H3,(H,20,21,22). The summed E-state index contributed by atoms with van der Waals surface area (Å²) in [6.07, 6.45) is -2.94. The molecule has 1 aromatic carbocycles. The van der Waals surface area contributed by atoms with Gasteiger partial charge in [-0.1, -0.05) is 6.07 Å². The minimum absolute atomic E-state index is 0.0140. The molecule has 0 saturated heterocycles. The second-order valence-corrected chi connectivity index (χ2v) is 5.25. The van der Waals surface area contributed by atoms with Crippen molar-refractivity contribution in [1.29, 1.82) is 0 Å². The van der Waals surface area contributed by atoms with Crippen LogP contribution >= 0.6 is 0 Å². The van der Waals surface area contributed by atoms with Crippen LogP contribution in [0.15, 0.2) is 24.4 Å². The van der Waals surface area contributed by atoms with Crippen molar-refractivity contribution in [3.63, 3.8) is 0 Å². The lowest BCUT2D eigenvalue weighted by Gasteiger charge is -2.15. The molecule has 2 rings (SSSR count). The number of rotatable bonds is 4. The lowest BCUT2D eigenvalue weighted by molar-refractivity contribution is -0.137. The van der Waals surface area contributed by atoms with Crippen LogP contribution in [0.25, 0.3) is 0 Å². The fraction of sp³-hybridized carbons (Fsp3) is 0.333. The first kappa shape index (κ1) is 17.0. The highest BCUT2D eigenvalue weighted by atomic mass is 19.4. The Morgan fingerprint density at radius 1 is 1.22 bits per heavy atom. The van der Waals surface area contributed by atoms with E-state index in [0.29, 0.717) is 11.9 Å². The lowest BCUT2D eigenvalue weighted by Crippen LogP contribution is -2.15. The Bertz CT molecular complexity index is 698. The zero-order valence-corrected chi connectivity index (χ0v) is 12.9. The predicted molar refractivity (Wildman–Crippen MR) is 79.8 cm³/mol. The molecule has 2 aromatic rings. The van der Waals surface area contributed by atoms with Gasteiger partial charge in [-0.3, -0.25) is 0 Å². The third-order valence-electron chi connectivity index (χ3n) is 3.19. The molecular formula is C15H16F4N4. The minimum Gasteiger partial charge on any atom is -0.362 e. The summed E-state index contributed by atoms with van der Waals surface area (Å²) in [5.74, 6) is 0.0567. The van der Waals surface area contributed by atoms with Gasteiger partial charge in [0.1, 0.15) is 11.6 Å². The van der Waals surface area contributed by atoms with Crippen LogP contribution in [-0.2, 0) is 12.7 Å². The fourth-order valence-electron chi connectivity index (χ4n) is 2.01. The molecule has 0 atom stereocenters. The van der Waals surface area contributed by atoms with Crippen LogP contribution < -0.4 is 10.2 Å². The molecule has 0 aliphatic rings. The van der Waals surface area contributed by atoms with Crippen LogP contribution in [-0.4, -0.2) is 24.1 Å². The summed E-state index contributed by atoms with van der Waals surface area (Å²) in [6.45, 7) is 1.84. The normalized spacial score (nSPS) is 11.4. The Labute approximate surface area is 131 Å². The van der Waals surface area contributed by atoms with Crippen molar-refractivity contribution < 1.29 is 17.6 Å². The number of aryl methyl sites for hydroxylation is 1. The van der Waals surface area contributed by atoms with E-state index in [1.807, 2.05) is 21.0 Å². The Hall–Kier alpha value is -2.38. The van der Waals surface area contributed by atoms with Crippen LogP contribution in [0.3, 0.4) is 0 Å². The summed E-state index contributed by atoms with van der Waals surface area (Å²) in [6, 6.07) is 2.44. The van der Waals surface area contributed by atoms with E-state index >= 15 is 0 Å². The number of nitrogens with zero attached hydrogens (tertiary/aromatic N) is 3. The maximum Gasteiger partial charge on any atom is 0.416 e. The minimum atomic E-state index is -4.56. The van der Waals surface area contributed by atoms with Crippen LogP contribution in [0.1, 0.15) is 16.7 Å². The summed E-state index contributed by atoms with van der Waals surface area (Å²) >= 11 is 0. The molecular weight excluding hydrogens is 312 g/mol. The van der Waals surface area contributed by atoms with Gasteiger partial charge in [0.15, 0.2) is 0 Å². The molecule has 8 heteroatoms. The van der Waals surface area contributed by atoms with Crippen molar-refractivity contribution in [2.24, 2.45) is 0 Å². The van der Waals surface area contributed by atoms with E-state index in [4.69, 9.17) is 0 Å². The van der Waals surface area contributed by atoms with E-state index < -0.39 is 17.6 Å². The van der Waals surface area contributed by atoms with Gasteiger partial charge in [-0.25, -0.2) is 9.37 Å². The van der Waals surface area contributed by atoms with E-state index in [0.717, 1.165) is 17.7 Å². The fourth-order valence-corrected chi connectivity index (χ4v) is 2.01. The van der Waals surface area contributed by atoms with Gasteiger partial charge in [0.25, 0.3) is 0 Å². The van der Waals surface area contributed by atoms with Crippen molar-refractivity contribution in [3.8, 4) is 0 Å². The molecule has 4 nitrogen and oxygen atoms in total. The summed E-state index contributed by atoms with van der Waals surface area (Å²) in [5.41, 5.74) is -0.0323. The average molecular weight is 328 g/mol. The monoisotopic (exact) mass is 328 g/mol. The SMILES string of the molecule is Cc1cnc(NCc2ccc(C(F)(F)F)cc2F)nc1N(C)C. The van der Waals surface area contributed by atoms with Crippen LogP contribution in [0.2, 0.25) is 0 Å². The molecule has 1 aromatic heterocycles. The highest BCUT2D eigenvalue weighted by Gasteiger charge is 2.31. The molecule has 0 saturated carbocycles. The van der Waals surface area contributed by atoms with Gasteiger partial charge in [0, 0.05) is 38.0 Å². The number of aromatic nitrogens is 2. The molecule has 124 valence electrons. The van der Waals surface area contributed by atoms with Crippen LogP contribution in [0, 0.1) is 12.7 Å². The Morgan fingerprint density at radius 2 is 1.91 bits per heavy atom. The van der Waals surface area contributed by atoms with Crippen LogP contribution in [0.5, 0.6) is 0 Å². The molecule has 1 N–H and O–H groups in total. The largest absolute Gasteiger partial charge is 0.416 e. The van der Waals surface area contributed by atoms with Gasteiger partial charge in [-0.15, -0.1) is 0 Å². The molecule has 0 spiro atoms. The molecule has 0 radical (unpaired) electrons. The number of anilines is 2. The number of nitrogens with one attached hydrogen (secondary N) is 1. The quantitative estimate of drug-likeness (QED) is 0.871. The van der Waals surface area contributed by atoms with E-state index in [1.54, 1.807) is 11.1 Å². The highest BCUT2D eigenvalue weighted by Crippen LogP contribution is 2.30. The van der Waals surface area contributed by atoms with Crippen LogP contribution in [0.4, 0.5) is 29.3 Å². The molecule has 0 amide bonds. The van der Waals surface area contributed by atoms with Gasteiger partial charge in [0.2, 0.25) is 5.95 Å². The van der Waals surface area contributed by atoms with Crippen molar-refractivity contribution >= 4 is 11.8 Å². The summed E-state index contributed by atoms with van der Waals surface area (Å²) in [4.78, 5) is 10.2. The van der Waals surface area contributed by atoms with Crippen molar-refractivity contribution in [3.05, 3.63) is 46.9 Å². The number of benzene rings is 1. The molecule has 0 aliphatic heterocycles. The number of hydrogen-bond donors (Lipinski definition) is 1.